The van der Waals surface area contributed by atoms with Gasteiger partial charge in [-0.05, 0) is 27.7 Å². The van der Waals surface area contributed by atoms with E-state index in [1.54, 1.807) is 27.7 Å². The number of nitrogens with zero attached hydrogens (tertiary/aromatic N) is 2. The van der Waals surface area contributed by atoms with E-state index in [9.17, 15) is 9.59 Å². The molecule has 8 nitrogen and oxygen atoms in total. The van der Waals surface area contributed by atoms with E-state index in [1.807, 2.05) is 0 Å². The first kappa shape index (κ1) is 15.9. The van der Waals surface area contributed by atoms with Crippen LogP contribution in [0.4, 0.5) is 9.59 Å². The number of carbonyl (C=O) groups excluding carboxylic acids is 2. The van der Waals surface area contributed by atoms with Crippen LogP contribution in [-0.2, 0) is 9.47 Å². The SMILES string of the molecule is CCOC(=O)N/N=C(C)\C(C)=N\NC(=O)OCC. The number of hydrogen-bond acceptors (Lipinski definition) is 6. The van der Waals surface area contributed by atoms with E-state index in [2.05, 4.69) is 30.5 Å². The zero-order valence-corrected chi connectivity index (χ0v) is 10.9. The highest BCUT2D eigenvalue weighted by Gasteiger charge is 2.02. The van der Waals surface area contributed by atoms with Gasteiger partial charge in [0.15, 0.2) is 0 Å². The maximum Gasteiger partial charge on any atom is 0.427 e. The van der Waals surface area contributed by atoms with Crippen LogP contribution in [0.15, 0.2) is 10.2 Å². The van der Waals surface area contributed by atoms with Crippen molar-refractivity contribution >= 4 is 23.6 Å². The molecule has 0 spiro atoms. The highest BCUT2D eigenvalue weighted by Crippen LogP contribution is 1.85. The monoisotopic (exact) mass is 258 g/mol. The zero-order valence-electron chi connectivity index (χ0n) is 10.9. The summed E-state index contributed by atoms with van der Waals surface area (Å²) < 4.78 is 9.23. The van der Waals surface area contributed by atoms with Crippen molar-refractivity contribution in [3.8, 4) is 0 Å². The summed E-state index contributed by atoms with van der Waals surface area (Å²) in [5, 5.41) is 7.47. The Labute approximate surface area is 105 Å². The fourth-order valence-corrected chi connectivity index (χ4v) is 0.748. The Kier molecular flexibility index (Phi) is 7.91. The Bertz CT molecular complexity index is 318. The Morgan fingerprint density at radius 1 is 0.889 bits per heavy atom. The van der Waals surface area contributed by atoms with Crippen molar-refractivity contribution in [1.29, 1.82) is 0 Å². The average Bonchev–Trinajstić information content (AvgIpc) is 2.33. The first-order valence-electron chi connectivity index (χ1n) is 5.45. The van der Waals surface area contributed by atoms with Gasteiger partial charge in [-0.3, -0.25) is 0 Å². The van der Waals surface area contributed by atoms with Crippen LogP contribution in [-0.4, -0.2) is 36.8 Å². The Morgan fingerprint density at radius 2 is 1.22 bits per heavy atom. The summed E-state index contributed by atoms with van der Waals surface area (Å²) in [5.74, 6) is 0. The standard InChI is InChI=1S/C10H18N4O4/c1-5-17-9(15)13-11-7(3)8(4)12-14-10(16)18-6-2/h5-6H2,1-4H3,(H,13,15)(H,14,16)/b11-7-,12-8+. The Balaban J connectivity index is 4.26. The van der Waals surface area contributed by atoms with Crippen LogP contribution in [0.25, 0.3) is 0 Å². The summed E-state index contributed by atoms with van der Waals surface area (Å²) in [6.45, 7) is 7.14. The fourth-order valence-electron chi connectivity index (χ4n) is 0.748. The maximum atomic E-state index is 11.0. The molecule has 0 radical (unpaired) electrons. The Morgan fingerprint density at radius 3 is 1.50 bits per heavy atom. The third kappa shape index (κ3) is 7.20. The summed E-state index contributed by atoms with van der Waals surface area (Å²) in [5.41, 5.74) is 5.22. The molecular formula is C10H18N4O4. The van der Waals surface area contributed by atoms with Crippen molar-refractivity contribution in [3.63, 3.8) is 0 Å². The molecule has 0 saturated carbocycles. The van der Waals surface area contributed by atoms with Crippen LogP contribution in [0.1, 0.15) is 27.7 Å². The molecule has 0 bridgehead atoms. The van der Waals surface area contributed by atoms with E-state index in [-0.39, 0.29) is 13.2 Å². The Hall–Kier alpha value is -2.12. The summed E-state index contributed by atoms with van der Waals surface area (Å²) in [6.07, 6.45) is -1.30. The highest BCUT2D eigenvalue weighted by atomic mass is 16.6. The molecule has 2 amide bonds. The second kappa shape index (κ2) is 8.97. The third-order valence-corrected chi connectivity index (χ3v) is 1.70. The summed E-state index contributed by atoms with van der Waals surface area (Å²) in [6, 6.07) is 0. The minimum Gasteiger partial charge on any atom is -0.449 e. The van der Waals surface area contributed by atoms with Gasteiger partial charge in [0.25, 0.3) is 0 Å². The van der Waals surface area contributed by atoms with Crippen LogP contribution in [0.5, 0.6) is 0 Å². The molecule has 0 unspecified atom stereocenters. The average molecular weight is 258 g/mol. The van der Waals surface area contributed by atoms with E-state index in [4.69, 9.17) is 0 Å². The van der Waals surface area contributed by atoms with Crippen molar-refractivity contribution in [2.75, 3.05) is 13.2 Å². The fraction of sp³-hybridized carbons (Fsp3) is 0.600. The lowest BCUT2D eigenvalue weighted by atomic mass is 10.3. The first-order valence-corrected chi connectivity index (χ1v) is 5.45. The molecule has 0 aliphatic rings. The van der Waals surface area contributed by atoms with E-state index >= 15 is 0 Å². The van der Waals surface area contributed by atoms with Gasteiger partial charge in [0.05, 0.1) is 24.6 Å². The number of hydrazone groups is 2. The molecule has 0 aromatic carbocycles. The molecule has 18 heavy (non-hydrogen) atoms. The molecule has 0 fully saturated rings. The molecule has 0 rings (SSSR count). The van der Waals surface area contributed by atoms with Crippen molar-refractivity contribution in [1.82, 2.24) is 10.9 Å². The number of ether oxygens (including phenoxy) is 2. The second-order valence-electron chi connectivity index (χ2n) is 3.06. The van der Waals surface area contributed by atoms with E-state index < -0.39 is 12.2 Å². The second-order valence-corrected chi connectivity index (χ2v) is 3.06. The molecule has 0 heterocycles. The predicted molar refractivity (Wildman–Crippen MR) is 66.5 cm³/mol. The highest BCUT2D eigenvalue weighted by molar-refractivity contribution is 6.40. The van der Waals surface area contributed by atoms with Crippen molar-refractivity contribution in [3.05, 3.63) is 0 Å². The van der Waals surface area contributed by atoms with E-state index in [1.165, 1.54) is 0 Å². The number of rotatable bonds is 5. The van der Waals surface area contributed by atoms with Gasteiger partial charge in [-0.2, -0.15) is 10.2 Å². The molecular weight excluding hydrogens is 240 g/mol. The third-order valence-electron chi connectivity index (χ3n) is 1.70. The molecule has 0 aromatic heterocycles. The number of hydrogen-bond donors (Lipinski definition) is 2. The topological polar surface area (TPSA) is 101 Å². The minimum absolute atomic E-state index is 0.262. The van der Waals surface area contributed by atoms with Crippen LogP contribution in [0.3, 0.4) is 0 Å². The van der Waals surface area contributed by atoms with Crippen LogP contribution in [0.2, 0.25) is 0 Å². The minimum atomic E-state index is -0.650. The summed E-state index contributed by atoms with van der Waals surface area (Å²) >= 11 is 0. The van der Waals surface area contributed by atoms with E-state index in [0.29, 0.717) is 11.4 Å². The first-order chi connectivity index (χ1) is 8.51. The molecule has 2 N–H and O–H groups in total. The lowest BCUT2D eigenvalue weighted by Crippen LogP contribution is -2.24. The zero-order chi connectivity index (χ0) is 14.0. The van der Waals surface area contributed by atoms with Gasteiger partial charge in [0.2, 0.25) is 0 Å². The molecule has 0 aliphatic heterocycles. The predicted octanol–water partition coefficient (Wildman–Crippen LogP) is 1.23. The summed E-state index contributed by atoms with van der Waals surface area (Å²) in [7, 11) is 0. The number of nitrogens with one attached hydrogen (secondary N) is 2. The van der Waals surface area contributed by atoms with Gasteiger partial charge in [-0.1, -0.05) is 0 Å². The van der Waals surface area contributed by atoms with Gasteiger partial charge in [0.1, 0.15) is 0 Å². The van der Waals surface area contributed by atoms with Gasteiger partial charge >= 0.3 is 12.2 Å². The normalized spacial score (nSPS) is 11.8. The van der Waals surface area contributed by atoms with Crippen molar-refractivity contribution < 1.29 is 19.1 Å². The van der Waals surface area contributed by atoms with Crippen LogP contribution >= 0.6 is 0 Å². The molecule has 102 valence electrons. The molecule has 0 atom stereocenters. The molecule has 0 aromatic rings. The molecule has 0 saturated heterocycles. The van der Waals surface area contributed by atoms with Gasteiger partial charge < -0.3 is 9.47 Å². The number of amides is 2. The lowest BCUT2D eigenvalue weighted by molar-refractivity contribution is 0.151. The molecule has 8 heteroatoms. The smallest absolute Gasteiger partial charge is 0.427 e. The van der Waals surface area contributed by atoms with Crippen molar-refractivity contribution in [2.24, 2.45) is 10.2 Å². The van der Waals surface area contributed by atoms with Crippen LogP contribution < -0.4 is 10.9 Å². The quantitative estimate of drug-likeness (QED) is 0.572. The van der Waals surface area contributed by atoms with E-state index in [0.717, 1.165) is 0 Å². The number of carbonyl (C=O) groups is 2. The van der Waals surface area contributed by atoms with Gasteiger partial charge in [-0.15, -0.1) is 0 Å². The maximum absolute atomic E-state index is 11.0. The van der Waals surface area contributed by atoms with Gasteiger partial charge in [-0.25, -0.2) is 20.4 Å². The van der Waals surface area contributed by atoms with Crippen LogP contribution in [0, 0.1) is 0 Å². The largest absolute Gasteiger partial charge is 0.449 e. The summed E-state index contributed by atoms with van der Waals surface area (Å²) in [4.78, 5) is 21.9. The molecule has 0 aliphatic carbocycles. The van der Waals surface area contributed by atoms with Crippen molar-refractivity contribution in [2.45, 2.75) is 27.7 Å². The lowest BCUT2D eigenvalue weighted by Gasteiger charge is -2.03. The van der Waals surface area contributed by atoms with Gasteiger partial charge in [0, 0.05) is 0 Å².